The summed E-state index contributed by atoms with van der Waals surface area (Å²) in [5, 5.41) is 8.59. The molecule has 0 aliphatic heterocycles. The van der Waals surface area contributed by atoms with E-state index in [4.69, 9.17) is 18.3 Å². The van der Waals surface area contributed by atoms with E-state index >= 15 is 0 Å². The van der Waals surface area contributed by atoms with Crippen LogP contribution in [0.1, 0.15) is 19.1 Å². The van der Waals surface area contributed by atoms with Crippen LogP contribution in [0.5, 0.6) is 11.5 Å². The molecule has 3 aromatic rings. The van der Waals surface area contributed by atoms with Crippen LogP contribution in [0.15, 0.2) is 50.7 Å². The van der Waals surface area contributed by atoms with Gasteiger partial charge in [0.15, 0.2) is 0 Å². The second-order valence-electron chi connectivity index (χ2n) is 5.28. The fourth-order valence-corrected chi connectivity index (χ4v) is 2.70. The van der Waals surface area contributed by atoms with Gasteiger partial charge in [0.25, 0.3) is 11.1 Å². The van der Waals surface area contributed by atoms with Gasteiger partial charge in [0, 0.05) is 5.75 Å². The Morgan fingerprint density at radius 2 is 1.72 bits per heavy atom. The second kappa shape index (κ2) is 8.62. The maximum absolute atomic E-state index is 5.70. The van der Waals surface area contributed by atoms with Crippen molar-refractivity contribution in [1.29, 1.82) is 0 Å². The second-order valence-corrected chi connectivity index (χ2v) is 6.33. The smallest absolute Gasteiger partial charge is 0.276 e. The van der Waals surface area contributed by atoms with Crippen molar-refractivity contribution in [3.05, 3.63) is 42.4 Å². The molecule has 0 bridgehead atoms. The van der Waals surface area contributed by atoms with E-state index in [0.29, 0.717) is 23.5 Å². The van der Waals surface area contributed by atoms with Crippen LogP contribution in [0.4, 0.5) is 0 Å². The van der Waals surface area contributed by atoms with E-state index in [1.54, 1.807) is 6.26 Å². The van der Waals surface area contributed by atoms with Crippen LogP contribution in [0, 0.1) is 6.92 Å². The van der Waals surface area contributed by atoms with Gasteiger partial charge in [0.2, 0.25) is 0 Å². The summed E-state index contributed by atoms with van der Waals surface area (Å²) < 4.78 is 22.1. The highest BCUT2D eigenvalue weighted by Gasteiger charge is 2.13. The Balaban J connectivity index is 1.43. The zero-order valence-electron chi connectivity index (χ0n) is 14.2. The molecule has 25 heavy (non-hydrogen) atoms. The molecule has 0 amide bonds. The average molecular weight is 360 g/mol. The molecular weight excluding hydrogens is 340 g/mol. The molecule has 2 aromatic heterocycles. The summed E-state index contributed by atoms with van der Waals surface area (Å²) in [7, 11) is 0. The standard InChI is InChI=1S/C18H20N2O4S/c1-3-9-22-14-4-6-15(7-5-14)23-11-12-25-18-20-19-17(24-18)16-8-10-21-13(16)2/h4-8,10H,3,9,11-12H2,1-2H3. The minimum atomic E-state index is 0.470. The van der Waals surface area contributed by atoms with E-state index in [0.717, 1.165) is 35.9 Å². The van der Waals surface area contributed by atoms with Crippen molar-refractivity contribution in [3.63, 3.8) is 0 Å². The quantitative estimate of drug-likeness (QED) is 0.408. The maximum Gasteiger partial charge on any atom is 0.276 e. The normalized spacial score (nSPS) is 10.8. The van der Waals surface area contributed by atoms with Crippen molar-refractivity contribution < 1.29 is 18.3 Å². The Morgan fingerprint density at radius 3 is 2.36 bits per heavy atom. The molecule has 132 valence electrons. The monoisotopic (exact) mass is 360 g/mol. The predicted molar refractivity (Wildman–Crippen MR) is 95.2 cm³/mol. The molecule has 0 saturated carbocycles. The fraction of sp³-hybridized carbons (Fsp3) is 0.333. The summed E-state index contributed by atoms with van der Waals surface area (Å²) in [6.07, 6.45) is 2.60. The van der Waals surface area contributed by atoms with Gasteiger partial charge >= 0.3 is 0 Å². The van der Waals surface area contributed by atoms with Crippen molar-refractivity contribution in [2.45, 2.75) is 25.5 Å². The third-order valence-electron chi connectivity index (χ3n) is 3.37. The Morgan fingerprint density at radius 1 is 1.00 bits per heavy atom. The summed E-state index contributed by atoms with van der Waals surface area (Å²) >= 11 is 1.46. The lowest BCUT2D eigenvalue weighted by molar-refractivity contribution is 0.314. The molecule has 0 fully saturated rings. The van der Waals surface area contributed by atoms with Crippen molar-refractivity contribution >= 4 is 11.8 Å². The Hall–Kier alpha value is -2.41. The molecule has 0 radical (unpaired) electrons. The number of hydrogen-bond donors (Lipinski definition) is 0. The molecule has 0 unspecified atom stereocenters. The van der Waals surface area contributed by atoms with E-state index in [1.165, 1.54) is 11.8 Å². The summed E-state index contributed by atoms with van der Waals surface area (Å²) in [5.41, 5.74) is 0.820. The van der Waals surface area contributed by atoms with E-state index in [9.17, 15) is 0 Å². The van der Waals surface area contributed by atoms with Gasteiger partial charge in [-0.3, -0.25) is 0 Å². The first-order chi connectivity index (χ1) is 12.3. The van der Waals surface area contributed by atoms with Crippen LogP contribution >= 0.6 is 11.8 Å². The van der Waals surface area contributed by atoms with Crippen LogP contribution < -0.4 is 9.47 Å². The maximum atomic E-state index is 5.70. The van der Waals surface area contributed by atoms with E-state index < -0.39 is 0 Å². The zero-order valence-corrected chi connectivity index (χ0v) is 15.0. The van der Waals surface area contributed by atoms with Crippen LogP contribution in [-0.4, -0.2) is 29.2 Å². The molecule has 0 saturated heterocycles. The first-order valence-electron chi connectivity index (χ1n) is 8.12. The Labute approximate surface area is 150 Å². The largest absolute Gasteiger partial charge is 0.494 e. The third kappa shape index (κ3) is 4.79. The van der Waals surface area contributed by atoms with E-state index in [2.05, 4.69) is 17.1 Å². The highest BCUT2D eigenvalue weighted by atomic mass is 32.2. The minimum Gasteiger partial charge on any atom is -0.494 e. The van der Waals surface area contributed by atoms with Crippen molar-refractivity contribution in [2.24, 2.45) is 0 Å². The van der Waals surface area contributed by atoms with Gasteiger partial charge < -0.3 is 18.3 Å². The molecule has 0 N–H and O–H groups in total. The predicted octanol–water partition coefficient (Wildman–Crippen LogP) is 4.60. The van der Waals surface area contributed by atoms with Crippen molar-refractivity contribution in [3.8, 4) is 23.0 Å². The molecule has 3 rings (SSSR count). The number of thioether (sulfide) groups is 1. The SMILES string of the molecule is CCCOc1ccc(OCCSc2nnc(-c3ccoc3C)o2)cc1. The third-order valence-corrected chi connectivity index (χ3v) is 4.15. The summed E-state index contributed by atoms with van der Waals surface area (Å²) in [6, 6.07) is 9.45. The number of nitrogens with zero attached hydrogens (tertiary/aromatic N) is 2. The topological polar surface area (TPSA) is 70.5 Å². The fourth-order valence-electron chi connectivity index (χ4n) is 2.12. The molecular formula is C18H20N2O4S. The van der Waals surface area contributed by atoms with Crippen molar-refractivity contribution in [2.75, 3.05) is 19.0 Å². The van der Waals surface area contributed by atoms with Gasteiger partial charge in [0.05, 0.1) is 25.0 Å². The van der Waals surface area contributed by atoms with Gasteiger partial charge in [-0.05, 0) is 43.7 Å². The number of benzene rings is 1. The summed E-state index contributed by atoms with van der Waals surface area (Å²) in [5.74, 6) is 3.61. The lowest BCUT2D eigenvalue weighted by Gasteiger charge is -2.07. The number of rotatable bonds is 9. The van der Waals surface area contributed by atoms with Gasteiger partial charge in [-0.2, -0.15) is 0 Å². The number of hydrogen-bond acceptors (Lipinski definition) is 7. The number of aromatic nitrogens is 2. The number of furan rings is 1. The minimum absolute atomic E-state index is 0.470. The average Bonchev–Trinajstić information content (AvgIpc) is 3.26. The van der Waals surface area contributed by atoms with Crippen LogP contribution in [0.2, 0.25) is 0 Å². The lowest BCUT2D eigenvalue weighted by Crippen LogP contribution is -2.00. The Bertz CT molecular complexity index is 782. The molecule has 0 aliphatic rings. The Kier molecular flexibility index (Phi) is 6.00. The molecule has 0 aliphatic carbocycles. The van der Waals surface area contributed by atoms with E-state index in [1.807, 2.05) is 37.3 Å². The highest BCUT2D eigenvalue weighted by Crippen LogP contribution is 2.26. The van der Waals surface area contributed by atoms with Gasteiger partial charge in [0.1, 0.15) is 17.3 Å². The highest BCUT2D eigenvalue weighted by molar-refractivity contribution is 7.99. The van der Waals surface area contributed by atoms with Gasteiger partial charge in [-0.15, -0.1) is 10.2 Å². The van der Waals surface area contributed by atoms with Crippen LogP contribution in [0.3, 0.4) is 0 Å². The summed E-state index contributed by atoms with van der Waals surface area (Å²) in [4.78, 5) is 0. The number of aryl methyl sites for hydroxylation is 1. The molecule has 7 heteroatoms. The molecule has 1 aromatic carbocycles. The molecule has 6 nitrogen and oxygen atoms in total. The van der Waals surface area contributed by atoms with Gasteiger partial charge in [-0.1, -0.05) is 18.7 Å². The number of ether oxygens (including phenoxy) is 2. The lowest BCUT2D eigenvalue weighted by atomic mass is 10.3. The molecule has 2 heterocycles. The molecule has 0 atom stereocenters. The zero-order chi connectivity index (χ0) is 17.5. The first kappa shape index (κ1) is 17.4. The summed E-state index contributed by atoms with van der Waals surface area (Å²) in [6.45, 7) is 5.21. The van der Waals surface area contributed by atoms with Gasteiger partial charge in [-0.25, -0.2) is 0 Å². The molecule has 0 spiro atoms. The van der Waals surface area contributed by atoms with Crippen LogP contribution in [-0.2, 0) is 0 Å². The van der Waals surface area contributed by atoms with Crippen LogP contribution in [0.25, 0.3) is 11.5 Å². The van der Waals surface area contributed by atoms with E-state index in [-0.39, 0.29) is 0 Å². The first-order valence-corrected chi connectivity index (χ1v) is 9.11. The van der Waals surface area contributed by atoms with Crippen molar-refractivity contribution in [1.82, 2.24) is 10.2 Å².